The number of carbonyl (C=O) groups excluding carboxylic acids is 1. The molecule has 0 aliphatic carbocycles. The van der Waals surface area contributed by atoms with Crippen LogP contribution in [0.25, 0.3) is 0 Å². The molecule has 0 bridgehead atoms. The number of hydrogen-bond acceptors (Lipinski definition) is 4. The minimum atomic E-state index is 0.0610. The Morgan fingerprint density at radius 3 is 2.59 bits per heavy atom. The van der Waals surface area contributed by atoms with E-state index in [0.29, 0.717) is 19.7 Å². The summed E-state index contributed by atoms with van der Waals surface area (Å²) in [4.78, 5) is 19.6. The van der Waals surface area contributed by atoms with Gasteiger partial charge in [-0.05, 0) is 62.1 Å². The molecule has 0 saturated carbocycles. The van der Waals surface area contributed by atoms with Crippen molar-refractivity contribution in [1.82, 2.24) is 9.88 Å². The first-order chi connectivity index (χ1) is 14.0. The van der Waals surface area contributed by atoms with E-state index in [4.69, 9.17) is 4.74 Å². The molecule has 0 saturated heterocycles. The normalized spacial score (nSPS) is 10.8. The van der Waals surface area contributed by atoms with Gasteiger partial charge in [-0.2, -0.15) is 0 Å². The van der Waals surface area contributed by atoms with Gasteiger partial charge in [-0.1, -0.05) is 31.2 Å². The van der Waals surface area contributed by atoms with Crippen LogP contribution >= 0.6 is 11.3 Å². The van der Waals surface area contributed by atoms with Crippen LogP contribution in [-0.2, 0) is 13.2 Å². The van der Waals surface area contributed by atoms with Crippen molar-refractivity contribution in [2.75, 3.05) is 6.54 Å². The quantitative estimate of drug-likeness (QED) is 0.480. The van der Waals surface area contributed by atoms with E-state index in [0.717, 1.165) is 34.0 Å². The van der Waals surface area contributed by atoms with Gasteiger partial charge in [0.25, 0.3) is 5.91 Å². The molecule has 0 N–H and O–H groups in total. The highest BCUT2D eigenvalue weighted by Crippen LogP contribution is 2.20. The molecule has 1 heterocycles. The number of hydrogen-bond donors (Lipinski definition) is 0. The Balaban J connectivity index is 1.65. The second-order valence-electron chi connectivity index (χ2n) is 7.31. The van der Waals surface area contributed by atoms with Gasteiger partial charge in [-0.3, -0.25) is 4.79 Å². The highest BCUT2D eigenvalue weighted by molar-refractivity contribution is 7.09. The first kappa shape index (κ1) is 21.1. The number of nitrogens with zero attached hydrogens (tertiary/aromatic N) is 2. The Labute approximate surface area is 177 Å². The summed E-state index contributed by atoms with van der Waals surface area (Å²) >= 11 is 1.57. The fraction of sp³-hybridized carbons (Fsp3) is 0.333. The van der Waals surface area contributed by atoms with Crippen molar-refractivity contribution < 1.29 is 9.53 Å². The summed E-state index contributed by atoms with van der Waals surface area (Å²) in [5, 5.41) is 2.94. The first-order valence-corrected chi connectivity index (χ1v) is 10.8. The highest BCUT2D eigenvalue weighted by Gasteiger charge is 2.18. The summed E-state index contributed by atoms with van der Waals surface area (Å²) in [5.41, 5.74) is 5.13. The Kier molecular flexibility index (Phi) is 7.04. The fourth-order valence-electron chi connectivity index (χ4n) is 3.14. The zero-order chi connectivity index (χ0) is 20.8. The monoisotopic (exact) mass is 408 g/mol. The van der Waals surface area contributed by atoms with E-state index in [-0.39, 0.29) is 5.91 Å². The molecule has 0 aliphatic heterocycles. The van der Waals surface area contributed by atoms with Crippen molar-refractivity contribution in [3.8, 4) is 5.75 Å². The molecule has 1 amide bonds. The van der Waals surface area contributed by atoms with Crippen LogP contribution in [0, 0.1) is 20.8 Å². The molecule has 0 fully saturated rings. The number of benzene rings is 2. The van der Waals surface area contributed by atoms with Crippen LogP contribution in [0.5, 0.6) is 5.75 Å². The van der Waals surface area contributed by atoms with Gasteiger partial charge in [0.05, 0.1) is 12.2 Å². The highest BCUT2D eigenvalue weighted by atomic mass is 32.1. The topological polar surface area (TPSA) is 42.4 Å². The Morgan fingerprint density at radius 1 is 1.07 bits per heavy atom. The van der Waals surface area contributed by atoms with Gasteiger partial charge in [0.15, 0.2) is 0 Å². The maximum atomic E-state index is 13.0. The third-order valence-corrected chi connectivity index (χ3v) is 5.82. The maximum absolute atomic E-state index is 13.0. The number of aromatic nitrogens is 1. The molecular formula is C24H28N2O2S. The molecule has 2 aromatic carbocycles. The third-order valence-electron chi connectivity index (χ3n) is 4.95. The van der Waals surface area contributed by atoms with E-state index in [1.54, 1.807) is 11.3 Å². The summed E-state index contributed by atoms with van der Waals surface area (Å²) in [6.45, 7) is 9.89. The predicted molar refractivity (Wildman–Crippen MR) is 119 cm³/mol. The van der Waals surface area contributed by atoms with Crippen molar-refractivity contribution in [2.24, 2.45) is 0 Å². The standard InChI is InChI=1S/C24H28N2O2S/c1-5-12-26(24(27)22-9-7-6-8-18(22)3)14-20-16-29-23(25-20)15-28-21-11-10-17(2)19(4)13-21/h6-11,13,16H,5,12,14-15H2,1-4H3. The van der Waals surface area contributed by atoms with Crippen molar-refractivity contribution in [1.29, 1.82) is 0 Å². The van der Waals surface area contributed by atoms with Gasteiger partial charge in [0.1, 0.15) is 17.4 Å². The number of thiazole rings is 1. The second kappa shape index (κ2) is 9.70. The zero-order valence-corrected chi connectivity index (χ0v) is 18.4. The van der Waals surface area contributed by atoms with Gasteiger partial charge >= 0.3 is 0 Å². The van der Waals surface area contributed by atoms with E-state index in [1.165, 1.54) is 11.1 Å². The van der Waals surface area contributed by atoms with Gasteiger partial charge in [0, 0.05) is 17.5 Å². The summed E-state index contributed by atoms with van der Waals surface area (Å²) in [5.74, 6) is 0.915. The molecule has 0 radical (unpaired) electrons. The van der Waals surface area contributed by atoms with Crippen LogP contribution in [0.2, 0.25) is 0 Å². The second-order valence-corrected chi connectivity index (χ2v) is 8.25. The average molecular weight is 409 g/mol. The number of ether oxygens (including phenoxy) is 1. The molecule has 0 atom stereocenters. The summed E-state index contributed by atoms with van der Waals surface area (Å²) in [6.07, 6.45) is 0.907. The van der Waals surface area contributed by atoms with Crippen LogP contribution in [-0.4, -0.2) is 22.3 Å². The first-order valence-electron chi connectivity index (χ1n) is 9.96. The lowest BCUT2D eigenvalue weighted by atomic mass is 10.1. The molecule has 5 heteroatoms. The summed E-state index contributed by atoms with van der Waals surface area (Å²) in [6, 6.07) is 13.8. The molecule has 3 aromatic rings. The molecular weight excluding hydrogens is 380 g/mol. The molecule has 1 aromatic heterocycles. The van der Waals surface area contributed by atoms with Gasteiger partial charge in [-0.15, -0.1) is 11.3 Å². The Morgan fingerprint density at radius 2 is 1.86 bits per heavy atom. The summed E-state index contributed by atoms with van der Waals surface area (Å²) in [7, 11) is 0. The Bertz CT molecular complexity index is 981. The largest absolute Gasteiger partial charge is 0.486 e. The Hall–Kier alpha value is -2.66. The molecule has 29 heavy (non-hydrogen) atoms. The van der Waals surface area contributed by atoms with Crippen molar-refractivity contribution in [3.05, 3.63) is 80.8 Å². The minimum Gasteiger partial charge on any atom is -0.486 e. The SMILES string of the molecule is CCCN(Cc1csc(COc2ccc(C)c(C)c2)n1)C(=O)c1ccccc1C. The number of amides is 1. The van der Waals surface area contributed by atoms with Crippen LogP contribution < -0.4 is 4.74 Å². The minimum absolute atomic E-state index is 0.0610. The zero-order valence-electron chi connectivity index (χ0n) is 17.6. The van der Waals surface area contributed by atoms with Crippen molar-refractivity contribution in [3.63, 3.8) is 0 Å². The van der Waals surface area contributed by atoms with Gasteiger partial charge in [-0.25, -0.2) is 4.98 Å². The smallest absolute Gasteiger partial charge is 0.254 e. The van der Waals surface area contributed by atoms with Crippen LogP contribution in [0.1, 0.15) is 51.1 Å². The molecule has 0 unspecified atom stereocenters. The average Bonchev–Trinajstić information content (AvgIpc) is 3.16. The van der Waals surface area contributed by atoms with Crippen LogP contribution in [0.4, 0.5) is 0 Å². The molecule has 0 spiro atoms. The van der Waals surface area contributed by atoms with E-state index in [2.05, 4.69) is 31.8 Å². The van der Waals surface area contributed by atoms with Crippen LogP contribution in [0.3, 0.4) is 0 Å². The fourth-order valence-corrected chi connectivity index (χ4v) is 3.83. The van der Waals surface area contributed by atoms with E-state index >= 15 is 0 Å². The molecule has 0 aliphatic rings. The van der Waals surface area contributed by atoms with Gasteiger partial charge < -0.3 is 9.64 Å². The van der Waals surface area contributed by atoms with Gasteiger partial charge in [0.2, 0.25) is 0 Å². The maximum Gasteiger partial charge on any atom is 0.254 e. The van der Waals surface area contributed by atoms with E-state index < -0.39 is 0 Å². The summed E-state index contributed by atoms with van der Waals surface area (Å²) < 4.78 is 5.89. The van der Waals surface area contributed by atoms with Crippen molar-refractivity contribution in [2.45, 2.75) is 47.3 Å². The molecule has 4 nitrogen and oxygen atoms in total. The lowest BCUT2D eigenvalue weighted by Gasteiger charge is -2.22. The number of carbonyl (C=O) groups is 1. The van der Waals surface area contributed by atoms with E-state index in [1.807, 2.05) is 53.6 Å². The van der Waals surface area contributed by atoms with E-state index in [9.17, 15) is 4.79 Å². The van der Waals surface area contributed by atoms with Crippen LogP contribution in [0.15, 0.2) is 47.8 Å². The number of aryl methyl sites for hydroxylation is 3. The number of rotatable bonds is 8. The molecule has 3 rings (SSSR count). The molecule has 152 valence electrons. The third kappa shape index (κ3) is 5.45. The van der Waals surface area contributed by atoms with Crippen molar-refractivity contribution >= 4 is 17.2 Å². The lowest BCUT2D eigenvalue weighted by molar-refractivity contribution is 0.0740. The predicted octanol–water partition coefficient (Wildman–Crippen LogP) is 5.70. The lowest BCUT2D eigenvalue weighted by Crippen LogP contribution is -2.32.